The normalized spacial score (nSPS) is 21.4. The van der Waals surface area contributed by atoms with Gasteiger partial charge in [-0.1, -0.05) is 50.2 Å². The number of piperidine rings is 2. The van der Waals surface area contributed by atoms with Crippen molar-refractivity contribution >= 4 is 11.8 Å². The first-order valence-corrected chi connectivity index (χ1v) is 12.6. The van der Waals surface area contributed by atoms with Crippen molar-refractivity contribution in [1.29, 1.82) is 0 Å². The standard InChI is InChI=1S/C28H38N4O2/c1-20(2)25(30-26(33)24-12-8-9-21(3)29-24)27(34)32-17-14-28(15-18-32)13-16-31(4)19-23(28)22-10-6-5-7-11-22/h5-12,20,23,25H,13-19H2,1-4H3,(H,30,33)/t23?,25-/m1/s1. The average Bonchev–Trinajstić information content (AvgIpc) is 2.84. The molecule has 3 heterocycles. The van der Waals surface area contributed by atoms with Crippen LogP contribution in [0, 0.1) is 18.3 Å². The zero-order valence-electron chi connectivity index (χ0n) is 21.0. The number of nitrogens with zero attached hydrogens (tertiary/aromatic N) is 3. The van der Waals surface area contributed by atoms with Crippen LogP contribution in [0.15, 0.2) is 48.5 Å². The lowest BCUT2D eigenvalue weighted by Gasteiger charge is -2.52. The Morgan fingerprint density at radius 3 is 2.32 bits per heavy atom. The lowest BCUT2D eigenvalue weighted by atomic mass is 9.62. The van der Waals surface area contributed by atoms with Crippen molar-refractivity contribution in [3.05, 3.63) is 65.5 Å². The summed E-state index contributed by atoms with van der Waals surface area (Å²) >= 11 is 0. The van der Waals surface area contributed by atoms with Gasteiger partial charge in [0.2, 0.25) is 5.91 Å². The van der Waals surface area contributed by atoms with Crippen LogP contribution in [-0.4, -0.2) is 65.9 Å². The summed E-state index contributed by atoms with van der Waals surface area (Å²) in [4.78, 5) is 35.1. The van der Waals surface area contributed by atoms with Gasteiger partial charge >= 0.3 is 0 Å². The first kappa shape index (κ1) is 24.4. The number of carbonyl (C=O) groups is 2. The summed E-state index contributed by atoms with van der Waals surface area (Å²) < 4.78 is 0. The second-order valence-corrected chi connectivity index (χ2v) is 10.5. The third-order valence-corrected chi connectivity index (χ3v) is 7.84. The number of aryl methyl sites for hydroxylation is 1. The van der Waals surface area contributed by atoms with Crippen LogP contribution in [-0.2, 0) is 4.79 Å². The number of carbonyl (C=O) groups excluding carboxylic acids is 2. The number of likely N-dealkylation sites (tertiary alicyclic amines) is 2. The molecule has 2 amide bonds. The molecule has 1 aromatic heterocycles. The Bertz CT molecular complexity index is 998. The molecule has 1 N–H and O–H groups in total. The molecule has 0 saturated carbocycles. The second kappa shape index (κ2) is 10.3. The molecule has 1 spiro atoms. The van der Waals surface area contributed by atoms with Gasteiger partial charge in [-0.3, -0.25) is 9.59 Å². The molecule has 182 valence electrons. The van der Waals surface area contributed by atoms with Gasteiger partial charge in [0, 0.05) is 31.2 Å². The van der Waals surface area contributed by atoms with Crippen molar-refractivity contribution in [3.63, 3.8) is 0 Å². The summed E-state index contributed by atoms with van der Waals surface area (Å²) in [7, 11) is 2.21. The van der Waals surface area contributed by atoms with Crippen LogP contribution in [0.25, 0.3) is 0 Å². The molecule has 2 aromatic rings. The van der Waals surface area contributed by atoms with Crippen LogP contribution in [0.5, 0.6) is 0 Å². The van der Waals surface area contributed by atoms with E-state index in [0.717, 1.165) is 51.1 Å². The first-order valence-electron chi connectivity index (χ1n) is 12.6. The third-order valence-electron chi connectivity index (χ3n) is 7.84. The van der Waals surface area contributed by atoms with Gasteiger partial charge in [0.25, 0.3) is 5.91 Å². The summed E-state index contributed by atoms with van der Waals surface area (Å²) in [5.74, 6) is 0.217. The highest BCUT2D eigenvalue weighted by Gasteiger charge is 2.46. The van der Waals surface area contributed by atoms with E-state index in [1.165, 1.54) is 5.56 Å². The number of pyridine rings is 1. The Kier molecular flexibility index (Phi) is 7.36. The van der Waals surface area contributed by atoms with Gasteiger partial charge in [-0.2, -0.15) is 0 Å². The van der Waals surface area contributed by atoms with Crippen molar-refractivity contribution in [1.82, 2.24) is 20.1 Å². The predicted molar refractivity (Wildman–Crippen MR) is 135 cm³/mol. The van der Waals surface area contributed by atoms with E-state index in [-0.39, 0.29) is 23.1 Å². The van der Waals surface area contributed by atoms with Crippen molar-refractivity contribution in [2.45, 2.75) is 52.0 Å². The molecule has 0 aliphatic carbocycles. The van der Waals surface area contributed by atoms with Gasteiger partial charge in [0.15, 0.2) is 0 Å². The Morgan fingerprint density at radius 2 is 1.68 bits per heavy atom. The van der Waals surface area contributed by atoms with E-state index in [1.54, 1.807) is 6.07 Å². The Morgan fingerprint density at radius 1 is 1.00 bits per heavy atom. The highest BCUT2D eigenvalue weighted by Crippen LogP contribution is 2.49. The Labute approximate surface area is 203 Å². The van der Waals surface area contributed by atoms with Crippen LogP contribution in [0.3, 0.4) is 0 Å². The highest BCUT2D eigenvalue weighted by atomic mass is 16.2. The van der Waals surface area contributed by atoms with Gasteiger partial charge in [0.05, 0.1) is 0 Å². The highest BCUT2D eigenvalue weighted by molar-refractivity contribution is 5.96. The smallest absolute Gasteiger partial charge is 0.270 e. The van der Waals surface area contributed by atoms with Crippen LogP contribution in [0.1, 0.15) is 60.8 Å². The largest absolute Gasteiger partial charge is 0.341 e. The van der Waals surface area contributed by atoms with Gasteiger partial charge in [-0.15, -0.1) is 0 Å². The minimum absolute atomic E-state index is 0.00227. The number of nitrogens with one attached hydrogen (secondary N) is 1. The van der Waals surface area contributed by atoms with E-state index in [2.05, 4.69) is 52.6 Å². The minimum Gasteiger partial charge on any atom is -0.341 e. The summed E-state index contributed by atoms with van der Waals surface area (Å²) in [5.41, 5.74) is 2.78. The third kappa shape index (κ3) is 5.17. The Hall–Kier alpha value is -2.73. The molecule has 34 heavy (non-hydrogen) atoms. The molecular weight excluding hydrogens is 424 g/mol. The number of aromatic nitrogens is 1. The van der Waals surface area contributed by atoms with Gasteiger partial charge in [0.1, 0.15) is 11.7 Å². The number of amides is 2. The fraction of sp³-hybridized carbons (Fsp3) is 0.536. The number of hydrogen-bond donors (Lipinski definition) is 1. The summed E-state index contributed by atoms with van der Waals surface area (Å²) in [6, 6.07) is 15.7. The molecule has 2 aliphatic rings. The molecule has 1 unspecified atom stereocenters. The SMILES string of the molecule is Cc1cccc(C(=O)N[C@@H](C(=O)N2CCC3(CCN(C)CC3c3ccccc3)CC2)C(C)C)n1. The molecule has 6 nitrogen and oxygen atoms in total. The molecule has 2 saturated heterocycles. The van der Waals surface area contributed by atoms with Gasteiger partial charge < -0.3 is 15.1 Å². The number of benzene rings is 1. The zero-order chi connectivity index (χ0) is 24.3. The molecule has 6 heteroatoms. The van der Waals surface area contributed by atoms with E-state index < -0.39 is 6.04 Å². The van der Waals surface area contributed by atoms with Gasteiger partial charge in [-0.05, 0) is 68.8 Å². The van der Waals surface area contributed by atoms with E-state index in [1.807, 2.05) is 37.8 Å². The molecular formula is C28H38N4O2. The average molecular weight is 463 g/mol. The van der Waals surface area contributed by atoms with E-state index >= 15 is 0 Å². The maximum atomic E-state index is 13.5. The molecule has 1 aromatic carbocycles. The van der Waals surface area contributed by atoms with E-state index in [4.69, 9.17) is 0 Å². The number of hydrogen-bond acceptors (Lipinski definition) is 4. The summed E-state index contributed by atoms with van der Waals surface area (Å²) in [5, 5.41) is 2.97. The fourth-order valence-corrected chi connectivity index (χ4v) is 5.69. The molecule has 2 atom stereocenters. The molecule has 0 bridgehead atoms. The second-order valence-electron chi connectivity index (χ2n) is 10.5. The Balaban J connectivity index is 1.45. The zero-order valence-corrected chi connectivity index (χ0v) is 21.0. The quantitative estimate of drug-likeness (QED) is 0.733. The van der Waals surface area contributed by atoms with Crippen molar-refractivity contribution in [2.75, 3.05) is 33.2 Å². The van der Waals surface area contributed by atoms with E-state index in [0.29, 0.717) is 11.6 Å². The lowest BCUT2D eigenvalue weighted by molar-refractivity contribution is -0.137. The van der Waals surface area contributed by atoms with Crippen LogP contribution in [0.4, 0.5) is 0 Å². The maximum Gasteiger partial charge on any atom is 0.270 e. The lowest BCUT2D eigenvalue weighted by Crippen LogP contribution is -2.56. The molecule has 2 aliphatic heterocycles. The number of rotatable bonds is 5. The van der Waals surface area contributed by atoms with Crippen molar-refractivity contribution in [3.8, 4) is 0 Å². The molecule has 4 rings (SSSR count). The summed E-state index contributed by atoms with van der Waals surface area (Å²) in [6.07, 6.45) is 3.17. The molecule has 2 fully saturated rings. The molecule has 0 radical (unpaired) electrons. The van der Waals surface area contributed by atoms with Gasteiger partial charge in [-0.25, -0.2) is 4.98 Å². The predicted octanol–water partition coefficient (Wildman–Crippen LogP) is 3.87. The minimum atomic E-state index is -0.550. The van der Waals surface area contributed by atoms with Crippen LogP contribution < -0.4 is 5.32 Å². The first-order chi connectivity index (χ1) is 16.3. The topological polar surface area (TPSA) is 65.5 Å². The van der Waals surface area contributed by atoms with Crippen LogP contribution >= 0.6 is 0 Å². The summed E-state index contributed by atoms with van der Waals surface area (Å²) in [6.45, 7) is 9.48. The van der Waals surface area contributed by atoms with Crippen LogP contribution in [0.2, 0.25) is 0 Å². The van der Waals surface area contributed by atoms with Crippen molar-refractivity contribution in [2.24, 2.45) is 11.3 Å². The van der Waals surface area contributed by atoms with Crippen molar-refractivity contribution < 1.29 is 9.59 Å². The van der Waals surface area contributed by atoms with E-state index in [9.17, 15) is 9.59 Å². The number of likely N-dealkylation sites (N-methyl/N-ethyl adjacent to an activating group) is 1. The maximum absolute atomic E-state index is 13.5. The fourth-order valence-electron chi connectivity index (χ4n) is 5.69. The monoisotopic (exact) mass is 462 g/mol.